The zero-order chi connectivity index (χ0) is 10.2. The second kappa shape index (κ2) is 3.27. The average molecular weight is 199 g/mol. The van der Waals surface area contributed by atoms with Crippen molar-refractivity contribution in [1.82, 2.24) is 20.2 Å². The molecule has 1 heterocycles. The van der Waals surface area contributed by atoms with Crippen LogP contribution in [0.3, 0.4) is 0 Å². The number of tetrazole rings is 1. The zero-order valence-corrected chi connectivity index (χ0v) is 8.15. The summed E-state index contributed by atoms with van der Waals surface area (Å²) in [7, 11) is 1.67. The quantitative estimate of drug-likeness (QED) is 0.726. The van der Waals surface area contributed by atoms with E-state index in [0.29, 0.717) is 18.7 Å². The standard InChI is InChI=1S/C8H14FN5/c1-14-12-7(11-13-14)5-8(9)3-2-6(10)4-8/h6H,2-5,10H2,1H3. The molecule has 14 heavy (non-hydrogen) atoms. The largest absolute Gasteiger partial charge is 0.328 e. The smallest absolute Gasteiger partial charge is 0.177 e. The van der Waals surface area contributed by atoms with Crippen molar-refractivity contribution in [2.24, 2.45) is 12.8 Å². The highest BCUT2D eigenvalue weighted by Gasteiger charge is 2.39. The number of aromatic nitrogens is 4. The molecule has 78 valence electrons. The lowest BCUT2D eigenvalue weighted by Gasteiger charge is -2.16. The summed E-state index contributed by atoms with van der Waals surface area (Å²) < 4.78 is 14.1. The Balaban J connectivity index is 2.03. The van der Waals surface area contributed by atoms with Crippen LogP contribution in [0.15, 0.2) is 0 Å². The van der Waals surface area contributed by atoms with Gasteiger partial charge in [-0.3, -0.25) is 0 Å². The molecule has 1 aliphatic rings. The third kappa shape index (κ3) is 1.89. The Labute approximate surface area is 81.5 Å². The second-order valence-electron chi connectivity index (χ2n) is 4.03. The van der Waals surface area contributed by atoms with Crippen LogP contribution in [0.1, 0.15) is 25.1 Å². The van der Waals surface area contributed by atoms with E-state index in [1.165, 1.54) is 4.80 Å². The minimum Gasteiger partial charge on any atom is -0.328 e. The van der Waals surface area contributed by atoms with Crippen molar-refractivity contribution in [2.75, 3.05) is 0 Å². The Morgan fingerprint density at radius 3 is 3.00 bits per heavy atom. The molecule has 0 radical (unpaired) electrons. The number of alkyl halides is 1. The van der Waals surface area contributed by atoms with Gasteiger partial charge in [-0.25, -0.2) is 4.39 Å². The molecular formula is C8H14FN5. The van der Waals surface area contributed by atoms with Crippen molar-refractivity contribution in [1.29, 1.82) is 0 Å². The first-order valence-corrected chi connectivity index (χ1v) is 4.75. The Morgan fingerprint density at radius 1 is 1.71 bits per heavy atom. The van der Waals surface area contributed by atoms with Gasteiger partial charge in [-0.2, -0.15) is 4.80 Å². The monoisotopic (exact) mass is 199 g/mol. The van der Waals surface area contributed by atoms with Crippen molar-refractivity contribution in [3.63, 3.8) is 0 Å². The minimum absolute atomic E-state index is 0.0170. The zero-order valence-electron chi connectivity index (χ0n) is 8.15. The molecule has 0 aromatic carbocycles. The summed E-state index contributed by atoms with van der Waals surface area (Å²) in [6.07, 6.45) is 1.89. The lowest BCUT2D eigenvalue weighted by Crippen LogP contribution is -2.26. The van der Waals surface area contributed by atoms with Crippen molar-refractivity contribution in [2.45, 2.75) is 37.4 Å². The van der Waals surface area contributed by atoms with Crippen molar-refractivity contribution >= 4 is 0 Å². The van der Waals surface area contributed by atoms with Gasteiger partial charge in [-0.15, -0.1) is 10.2 Å². The van der Waals surface area contributed by atoms with Crippen LogP contribution in [-0.2, 0) is 13.5 Å². The molecule has 5 nitrogen and oxygen atoms in total. The van der Waals surface area contributed by atoms with E-state index in [2.05, 4.69) is 15.4 Å². The highest BCUT2D eigenvalue weighted by atomic mass is 19.1. The lowest BCUT2D eigenvalue weighted by molar-refractivity contribution is 0.167. The van der Waals surface area contributed by atoms with Crippen LogP contribution in [0.2, 0.25) is 0 Å². The van der Waals surface area contributed by atoms with Crippen LogP contribution >= 0.6 is 0 Å². The summed E-state index contributed by atoms with van der Waals surface area (Å²) in [5.41, 5.74) is 4.45. The van der Waals surface area contributed by atoms with Gasteiger partial charge in [0, 0.05) is 12.5 Å². The third-order valence-corrected chi connectivity index (χ3v) is 2.62. The highest BCUT2D eigenvalue weighted by molar-refractivity contribution is 4.98. The summed E-state index contributed by atoms with van der Waals surface area (Å²) >= 11 is 0. The molecule has 2 atom stereocenters. The average Bonchev–Trinajstić information content (AvgIpc) is 2.60. The number of hydrogen-bond acceptors (Lipinski definition) is 4. The van der Waals surface area contributed by atoms with Gasteiger partial charge in [0.25, 0.3) is 0 Å². The molecule has 1 aromatic rings. The van der Waals surface area contributed by atoms with Crippen LogP contribution < -0.4 is 5.73 Å². The number of halogens is 1. The number of aryl methyl sites for hydroxylation is 1. The summed E-state index contributed by atoms with van der Waals surface area (Å²) in [4.78, 5) is 1.34. The SMILES string of the molecule is Cn1nnc(CC2(F)CCC(N)C2)n1. The van der Waals surface area contributed by atoms with Crippen LogP contribution in [0.25, 0.3) is 0 Å². The molecule has 1 aliphatic carbocycles. The van der Waals surface area contributed by atoms with E-state index in [4.69, 9.17) is 5.73 Å². The maximum Gasteiger partial charge on any atom is 0.177 e. The third-order valence-electron chi connectivity index (χ3n) is 2.62. The molecule has 6 heteroatoms. The number of nitrogens with two attached hydrogens (primary N) is 1. The lowest BCUT2D eigenvalue weighted by atomic mass is 10.00. The Bertz CT molecular complexity index is 325. The fourth-order valence-electron chi connectivity index (χ4n) is 1.96. The first-order chi connectivity index (χ1) is 6.57. The molecular weight excluding hydrogens is 185 g/mol. The summed E-state index contributed by atoms with van der Waals surface area (Å²) in [5, 5.41) is 11.4. The maximum atomic E-state index is 14.1. The fraction of sp³-hybridized carbons (Fsp3) is 0.875. The van der Waals surface area contributed by atoms with Gasteiger partial charge in [0.15, 0.2) is 5.82 Å². The molecule has 2 N–H and O–H groups in total. The number of rotatable bonds is 2. The Kier molecular flexibility index (Phi) is 2.22. The maximum absolute atomic E-state index is 14.1. The topological polar surface area (TPSA) is 69.6 Å². The van der Waals surface area contributed by atoms with Crippen LogP contribution in [0, 0.1) is 0 Å². The first kappa shape index (κ1) is 9.51. The molecule has 0 spiro atoms. The van der Waals surface area contributed by atoms with Crippen LogP contribution in [0.4, 0.5) is 4.39 Å². The van der Waals surface area contributed by atoms with Gasteiger partial charge in [0.2, 0.25) is 0 Å². The van der Waals surface area contributed by atoms with E-state index in [0.717, 1.165) is 6.42 Å². The van der Waals surface area contributed by atoms with E-state index in [9.17, 15) is 4.39 Å². The molecule has 0 amide bonds. The molecule has 0 bridgehead atoms. The van der Waals surface area contributed by atoms with Gasteiger partial charge < -0.3 is 5.73 Å². The van der Waals surface area contributed by atoms with Gasteiger partial charge in [0.05, 0.1) is 7.05 Å². The minimum atomic E-state index is -1.22. The predicted octanol–water partition coefficient (Wildman–Crippen LogP) is -0.0279. The summed E-state index contributed by atoms with van der Waals surface area (Å²) in [5.74, 6) is 0.462. The van der Waals surface area contributed by atoms with E-state index in [-0.39, 0.29) is 12.5 Å². The Morgan fingerprint density at radius 2 is 2.50 bits per heavy atom. The highest BCUT2D eigenvalue weighted by Crippen LogP contribution is 2.34. The van der Waals surface area contributed by atoms with Crippen LogP contribution in [0.5, 0.6) is 0 Å². The molecule has 0 saturated heterocycles. The van der Waals surface area contributed by atoms with E-state index < -0.39 is 5.67 Å². The summed E-state index contributed by atoms with van der Waals surface area (Å²) in [6.45, 7) is 0. The molecule has 1 aromatic heterocycles. The van der Waals surface area contributed by atoms with E-state index in [1.807, 2.05) is 0 Å². The van der Waals surface area contributed by atoms with Crippen molar-refractivity contribution < 1.29 is 4.39 Å². The van der Waals surface area contributed by atoms with Gasteiger partial charge in [-0.05, 0) is 24.5 Å². The number of nitrogens with zero attached hydrogens (tertiary/aromatic N) is 4. The summed E-state index contributed by atoms with van der Waals surface area (Å²) in [6, 6.07) is -0.0170. The van der Waals surface area contributed by atoms with E-state index >= 15 is 0 Å². The van der Waals surface area contributed by atoms with Crippen LogP contribution in [-0.4, -0.2) is 31.9 Å². The molecule has 2 rings (SSSR count). The normalized spacial score (nSPS) is 32.4. The molecule has 1 fully saturated rings. The van der Waals surface area contributed by atoms with Gasteiger partial charge in [-0.1, -0.05) is 0 Å². The van der Waals surface area contributed by atoms with E-state index in [1.54, 1.807) is 7.05 Å². The molecule has 0 aliphatic heterocycles. The second-order valence-corrected chi connectivity index (χ2v) is 4.03. The Hall–Kier alpha value is -1.04. The predicted molar refractivity (Wildman–Crippen MR) is 48.2 cm³/mol. The molecule has 2 unspecified atom stereocenters. The van der Waals surface area contributed by atoms with Gasteiger partial charge >= 0.3 is 0 Å². The van der Waals surface area contributed by atoms with Crippen molar-refractivity contribution in [3.8, 4) is 0 Å². The first-order valence-electron chi connectivity index (χ1n) is 4.75. The van der Waals surface area contributed by atoms with Gasteiger partial charge in [0.1, 0.15) is 5.67 Å². The van der Waals surface area contributed by atoms with Crippen molar-refractivity contribution in [3.05, 3.63) is 5.82 Å². The fourth-order valence-corrected chi connectivity index (χ4v) is 1.96. The number of hydrogen-bond donors (Lipinski definition) is 1. The molecule has 1 saturated carbocycles.